The molecule has 9 heavy (non-hydrogen) atoms. The van der Waals surface area contributed by atoms with Gasteiger partial charge in [0, 0.05) is 34.5 Å². The Bertz CT molecular complexity index is 152. The third-order valence-electron chi connectivity index (χ3n) is 0.850. The number of aromatic hydroxyl groups is 1. The number of hydrogen-bond acceptors (Lipinski definition) is 2. The Morgan fingerprint density at radius 1 is 1.11 bits per heavy atom. The Labute approximate surface area is 81.8 Å². The van der Waals surface area contributed by atoms with E-state index in [0.717, 1.165) is 4.90 Å². The van der Waals surface area contributed by atoms with Crippen LogP contribution in [0, 0.1) is 0 Å². The topological polar surface area (TPSA) is 20.2 Å². The number of benzene rings is 1. The van der Waals surface area contributed by atoms with E-state index in [1.165, 1.54) is 0 Å². The third-order valence-corrected chi connectivity index (χ3v) is 1.15. The molecule has 0 aliphatic heterocycles. The Hall–Kier alpha value is 0.370. The molecule has 1 aromatic rings. The first-order valence-electron chi connectivity index (χ1n) is 2.27. The maximum atomic E-state index is 8.72. The third kappa shape index (κ3) is 3.16. The molecule has 1 nitrogen and oxygen atoms in total. The van der Waals surface area contributed by atoms with Crippen molar-refractivity contribution in [2.45, 2.75) is 4.90 Å². The standard InChI is InChI=1S/C6H6OS.Na/c7-5-1-3-6(8)4-2-5;/h1-4,7-8H;. The number of rotatable bonds is 0. The monoisotopic (exact) mass is 149 g/mol. The van der Waals surface area contributed by atoms with E-state index >= 15 is 0 Å². The van der Waals surface area contributed by atoms with Gasteiger partial charge in [-0.1, -0.05) is 0 Å². The molecule has 0 saturated heterocycles. The molecule has 1 N–H and O–H groups in total. The summed E-state index contributed by atoms with van der Waals surface area (Å²) < 4.78 is 0. The number of thiol groups is 1. The number of hydrogen-bond donors (Lipinski definition) is 2. The van der Waals surface area contributed by atoms with Crippen LogP contribution in [0.25, 0.3) is 0 Å². The predicted molar refractivity (Wildman–Crippen MR) is 41.1 cm³/mol. The molecule has 1 radical (unpaired) electrons. The average Bonchev–Trinajstić information content (AvgIpc) is 1.77. The van der Waals surface area contributed by atoms with Crippen molar-refractivity contribution in [1.29, 1.82) is 0 Å². The van der Waals surface area contributed by atoms with Crippen LogP contribution in [0.5, 0.6) is 5.75 Å². The molecule has 0 heterocycles. The van der Waals surface area contributed by atoms with E-state index in [1.54, 1.807) is 24.3 Å². The van der Waals surface area contributed by atoms with Gasteiger partial charge in [0.25, 0.3) is 0 Å². The Balaban J connectivity index is 0.000000640. The van der Waals surface area contributed by atoms with Gasteiger partial charge in [0.2, 0.25) is 0 Å². The van der Waals surface area contributed by atoms with Crippen molar-refractivity contribution in [3.63, 3.8) is 0 Å². The fourth-order valence-corrected chi connectivity index (χ4v) is 0.602. The van der Waals surface area contributed by atoms with Crippen LogP contribution >= 0.6 is 12.6 Å². The Morgan fingerprint density at radius 2 is 1.56 bits per heavy atom. The van der Waals surface area contributed by atoms with E-state index in [1.807, 2.05) is 0 Å². The van der Waals surface area contributed by atoms with Gasteiger partial charge in [0.15, 0.2) is 0 Å². The van der Waals surface area contributed by atoms with Crippen LogP contribution in [-0.4, -0.2) is 34.7 Å². The molecular weight excluding hydrogens is 143 g/mol. The van der Waals surface area contributed by atoms with Crippen LogP contribution in [0.2, 0.25) is 0 Å². The molecule has 0 unspecified atom stereocenters. The van der Waals surface area contributed by atoms with Crippen molar-refractivity contribution in [3.05, 3.63) is 24.3 Å². The summed E-state index contributed by atoms with van der Waals surface area (Å²) in [5.74, 6) is 0.280. The molecule has 0 spiro atoms. The first kappa shape index (κ1) is 9.37. The second kappa shape index (κ2) is 4.23. The van der Waals surface area contributed by atoms with Gasteiger partial charge in [0.1, 0.15) is 5.75 Å². The van der Waals surface area contributed by atoms with E-state index in [9.17, 15) is 0 Å². The molecule has 0 aromatic heterocycles. The van der Waals surface area contributed by atoms with Gasteiger partial charge in [0.05, 0.1) is 0 Å². The summed E-state index contributed by atoms with van der Waals surface area (Å²) in [4.78, 5) is 0.864. The molecule has 0 atom stereocenters. The second-order valence-corrected chi connectivity index (χ2v) is 2.03. The maximum absolute atomic E-state index is 8.72. The smallest absolute Gasteiger partial charge is 0.115 e. The van der Waals surface area contributed by atoms with Crippen LogP contribution in [0.1, 0.15) is 0 Å². The predicted octanol–water partition coefficient (Wildman–Crippen LogP) is 1.30. The van der Waals surface area contributed by atoms with Gasteiger partial charge in [-0.05, 0) is 24.3 Å². The molecule has 3 heteroatoms. The van der Waals surface area contributed by atoms with Crippen molar-refractivity contribution in [2.75, 3.05) is 0 Å². The molecule has 1 aromatic carbocycles. The molecule has 0 saturated carbocycles. The minimum absolute atomic E-state index is 0. The molecule has 1 rings (SSSR count). The second-order valence-electron chi connectivity index (χ2n) is 1.52. The fraction of sp³-hybridized carbons (Fsp3) is 0. The largest absolute Gasteiger partial charge is 0.508 e. The maximum Gasteiger partial charge on any atom is 0.115 e. The summed E-state index contributed by atoms with van der Waals surface area (Å²) in [7, 11) is 0. The van der Waals surface area contributed by atoms with Crippen molar-refractivity contribution in [3.8, 4) is 5.75 Å². The Kier molecular flexibility index (Phi) is 4.40. The zero-order valence-corrected chi connectivity index (χ0v) is 8.10. The molecule has 0 aliphatic carbocycles. The van der Waals surface area contributed by atoms with Crippen LogP contribution in [0.4, 0.5) is 0 Å². The molecule has 0 amide bonds. The summed E-state index contributed by atoms with van der Waals surface area (Å²) in [6, 6.07) is 6.67. The van der Waals surface area contributed by atoms with Gasteiger partial charge < -0.3 is 5.11 Å². The van der Waals surface area contributed by atoms with E-state index < -0.39 is 0 Å². The van der Waals surface area contributed by atoms with Gasteiger partial charge in [-0.25, -0.2) is 0 Å². The van der Waals surface area contributed by atoms with Crippen molar-refractivity contribution in [2.24, 2.45) is 0 Å². The van der Waals surface area contributed by atoms with E-state index in [-0.39, 0.29) is 35.3 Å². The molecular formula is C6H6NaOS. The fourth-order valence-electron chi connectivity index (χ4n) is 0.453. The number of phenols is 1. The van der Waals surface area contributed by atoms with Crippen LogP contribution in [-0.2, 0) is 0 Å². The molecule has 0 bridgehead atoms. The van der Waals surface area contributed by atoms with Gasteiger partial charge in [-0.15, -0.1) is 12.6 Å². The average molecular weight is 149 g/mol. The van der Waals surface area contributed by atoms with E-state index in [4.69, 9.17) is 5.11 Å². The van der Waals surface area contributed by atoms with Gasteiger partial charge in [-0.2, -0.15) is 0 Å². The van der Waals surface area contributed by atoms with Crippen LogP contribution in [0.15, 0.2) is 29.2 Å². The Morgan fingerprint density at radius 3 is 1.89 bits per heavy atom. The van der Waals surface area contributed by atoms with Crippen LogP contribution < -0.4 is 0 Å². The zero-order valence-electron chi connectivity index (χ0n) is 5.20. The van der Waals surface area contributed by atoms with E-state index in [0.29, 0.717) is 0 Å². The summed E-state index contributed by atoms with van der Waals surface area (Å²) in [6.07, 6.45) is 0. The molecule has 0 aliphatic rings. The first-order chi connectivity index (χ1) is 3.79. The van der Waals surface area contributed by atoms with Crippen LogP contribution in [0.3, 0.4) is 0 Å². The molecule has 0 fully saturated rings. The normalized spacial score (nSPS) is 8.11. The zero-order chi connectivity index (χ0) is 5.98. The van der Waals surface area contributed by atoms with Gasteiger partial charge >= 0.3 is 0 Å². The summed E-state index contributed by atoms with van der Waals surface area (Å²) in [5, 5.41) is 8.72. The quantitative estimate of drug-likeness (QED) is 0.421. The number of phenolic OH excluding ortho intramolecular Hbond substituents is 1. The van der Waals surface area contributed by atoms with Crippen molar-refractivity contribution >= 4 is 42.2 Å². The minimum atomic E-state index is 0. The first-order valence-corrected chi connectivity index (χ1v) is 2.72. The van der Waals surface area contributed by atoms with E-state index in [2.05, 4.69) is 12.6 Å². The SMILES string of the molecule is Oc1ccc(S)cc1.[Na]. The summed E-state index contributed by atoms with van der Waals surface area (Å²) in [5.41, 5.74) is 0. The molecule has 43 valence electrons. The summed E-state index contributed by atoms with van der Waals surface area (Å²) in [6.45, 7) is 0. The summed E-state index contributed by atoms with van der Waals surface area (Å²) >= 11 is 4.02. The van der Waals surface area contributed by atoms with Crippen molar-refractivity contribution in [1.82, 2.24) is 0 Å². The van der Waals surface area contributed by atoms with Gasteiger partial charge in [-0.3, -0.25) is 0 Å². The van der Waals surface area contributed by atoms with Crippen molar-refractivity contribution < 1.29 is 5.11 Å². The minimum Gasteiger partial charge on any atom is -0.508 e.